The second-order valence-corrected chi connectivity index (χ2v) is 11.0. The van der Waals surface area contributed by atoms with E-state index in [1.807, 2.05) is 44.2 Å². The highest BCUT2D eigenvalue weighted by molar-refractivity contribution is 7.92. The van der Waals surface area contributed by atoms with Gasteiger partial charge >= 0.3 is 0 Å². The van der Waals surface area contributed by atoms with Crippen LogP contribution in [-0.4, -0.2) is 51.7 Å². The molecule has 1 saturated heterocycles. The van der Waals surface area contributed by atoms with Gasteiger partial charge in [-0.25, -0.2) is 8.42 Å². The number of anilines is 1. The van der Waals surface area contributed by atoms with E-state index in [4.69, 9.17) is 0 Å². The number of likely N-dealkylation sites (tertiary alicyclic amines) is 1. The first-order chi connectivity index (χ1) is 15.7. The average Bonchev–Trinajstić information content (AvgIpc) is 3.05. The maximum Gasteiger partial charge on any atom is 0.251 e. The highest BCUT2D eigenvalue weighted by Crippen LogP contribution is 2.26. The normalized spacial score (nSPS) is 15.1. The van der Waals surface area contributed by atoms with Crippen LogP contribution in [0.25, 0.3) is 0 Å². The lowest BCUT2D eigenvalue weighted by molar-refractivity contribution is 0.0951. The van der Waals surface area contributed by atoms with Crippen LogP contribution in [-0.2, 0) is 16.6 Å². The molecule has 1 N–H and O–H groups in total. The Labute approximate surface area is 199 Å². The van der Waals surface area contributed by atoms with E-state index in [2.05, 4.69) is 10.2 Å². The first-order valence-corrected chi connectivity index (χ1v) is 13.7. The smallest absolute Gasteiger partial charge is 0.251 e. The Kier molecular flexibility index (Phi) is 8.92. The summed E-state index contributed by atoms with van der Waals surface area (Å²) >= 11 is 0. The summed E-state index contributed by atoms with van der Waals surface area (Å²) in [6.07, 6.45) is 7.38. The summed E-state index contributed by atoms with van der Waals surface area (Å²) in [5.74, 6) is -0.0908. The van der Waals surface area contributed by atoms with Gasteiger partial charge in [-0.2, -0.15) is 0 Å². The Morgan fingerprint density at radius 1 is 1.00 bits per heavy atom. The van der Waals surface area contributed by atoms with Crippen molar-refractivity contribution in [2.45, 2.75) is 52.5 Å². The Bertz CT molecular complexity index is 1030. The van der Waals surface area contributed by atoms with Crippen LogP contribution in [0.15, 0.2) is 42.5 Å². The molecule has 1 aliphatic heterocycles. The number of carbonyl (C=O) groups is 1. The molecule has 0 radical (unpaired) electrons. The highest BCUT2D eigenvalue weighted by atomic mass is 32.2. The van der Waals surface area contributed by atoms with Crippen LogP contribution in [0.4, 0.5) is 5.69 Å². The van der Waals surface area contributed by atoms with Gasteiger partial charge in [0.2, 0.25) is 10.0 Å². The molecular formula is C26H37N3O3S. The van der Waals surface area contributed by atoms with Crippen molar-refractivity contribution in [1.82, 2.24) is 10.2 Å². The van der Waals surface area contributed by atoms with Gasteiger partial charge in [0, 0.05) is 12.1 Å². The molecular weight excluding hydrogens is 434 g/mol. The Balaban J connectivity index is 1.57. The molecule has 2 aromatic carbocycles. The third-order valence-electron chi connectivity index (χ3n) is 6.21. The van der Waals surface area contributed by atoms with Crippen molar-refractivity contribution in [3.8, 4) is 0 Å². The minimum Gasteiger partial charge on any atom is -0.352 e. The number of aryl methyl sites for hydroxylation is 2. The largest absolute Gasteiger partial charge is 0.352 e. The van der Waals surface area contributed by atoms with Crippen LogP contribution in [0.3, 0.4) is 0 Å². The number of hydrogen-bond acceptors (Lipinski definition) is 4. The zero-order valence-electron chi connectivity index (χ0n) is 20.1. The van der Waals surface area contributed by atoms with E-state index in [9.17, 15) is 13.2 Å². The van der Waals surface area contributed by atoms with E-state index in [-0.39, 0.29) is 12.5 Å². The lowest BCUT2D eigenvalue weighted by Crippen LogP contribution is -2.31. The van der Waals surface area contributed by atoms with Crippen LogP contribution in [0, 0.1) is 13.8 Å². The fraction of sp³-hybridized carbons (Fsp3) is 0.500. The average molecular weight is 472 g/mol. The van der Waals surface area contributed by atoms with Gasteiger partial charge in [-0.3, -0.25) is 9.10 Å². The summed E-state index contributed by atoms with van der Waals surface area (Å²) in [5, 5.41) is 3.01. The fourth-order valence-electron chi connectivity index (χ4n) is 4.26. The molecule has 6 nitrogen and oxygen atoms in total. The van der Waals surface area contributed by atoms with E-state index in [0.29, 0.717) is 17.8 Å². The predicted molar refractivity (Wildman–Crippen MR) is 135 cm³/mol. The molecule has 33 heavy (non-hydrogen) atoms. The van der Waals surface area contributed by atoms with E-state index in [1.54, 1.807) is 12.1 Å². The van der Waals surface area contributed by atoms with Crippen LogP contribution in [0.2, 0.25) is 0 Å². The number of rotatable bonds is 9. The van der Waals surface area contributed by atoms with Crippen molar-refractivity contribution in [2.75, 3.05) is 36.7 Å². The number of nitrogens with zero attached hydrogens (tertiary/aromatic N) is 2. The predicted octanol–water partition coefficient (Wildman–Crippen LogP) is 4.27. The van der Waals surface area contributed by atoms with E-state index in [0.717, 1.165) is 29.7 Å². The van der Waals surface area contributed by atoms with Crippen LogP contribution in [0.5, 0.6) is 0 Å². The first-order valence-electron chi connectivity index (χ1n) is 11.9. The highest BCUT2D eigenvalue weighted by Gasteiger charge is 2.20. The van der Waals surface area contributed by atoms with Gasteiger partial charge in [0.25, 0.3) is 5.91 Å². The lowest BCUT2D eigenvalue weighted by atomic mass is 10.1. The second-order valence-electron chi connectivity index (χ2n) is 9.12. The molecule has 2 aromatic rings. The number of sulfonamides is 1. The van der Waals surface area contributed by atoms with Gasteiger partial charge in [0.1, 0.15) is 0 Å². The summed E-state index contributed by atoms with van der Waals surface area (Å²) in [4.78, 5) is 15.0. The molecule has 180 valence electrons. The molecule has 0 unspecified atom stereocenters. The molecule has 3 rings (SSSR count). The summed E-state index contributed by atoms with van der Waals surface area (Å²) in [5.41, 5.74) is 4.02. The third-order valence-corrected chi connectivity index (χ3v) is 7.34. The maximum atomic E-state index is 12.5. The fourth-order valence-corrected chi connectivity index (χ4v) is 5.20. The Morgan fingerprint density at radius 2 is 1.67 bits per heavy atom. The van der Waals surface area contributed by atoms with E-state index >= 15 is 0 Å². The molecule has 0 atom stereocenters. The zero-order chi connectivity index (χ0) is 23.8. The molecule has 1 heterocycles. The molecule has 7 heteroatoms. The first kappa shape index (κ1) is 25.2. The van der Waals surface area contributed by atoms with Gasteiger partial charge < -0.3 is 10.2 Å². The minimum absolute atomic E-state index is 0.0908. The summed E-state index contributed by atoms with van der Waals surface area (Å²) < 4.78 is 26.5. The SMILES string of the molecule is Cc1ccc(C)c(N(Cc2ccc(C(=O)NCCCN3CCCCCC3)cc2)S(C)(=O)=O)c1. The molecule has 0 bridgehead atoms. The number of nitrogens with one attached hydrogen (secondary N) is 1. The Hall–Kier alpha value is -2.38. The lowest BCUT2D eigenvalue weighted by Gasteiger charge is -2.25. The van der Waals surface area contributed by atoms with Crippen molar-refractivity contribution in [3.63, 3.8) is 0 Å². The summed E-state index contributed by atoms with van der Waals surface area (Å²) in [7, 11) is -3.46. The molecule has 1 amide bonds. The molecule has 1 fully saturated rings. The molecule has 1 aliphatic rings. The van der Waals surface area contributed by atoms with Gasteiger partial charge in [0.15, 0.2) is 0 Å². The topological polar surface area (TPSA) is 69.7 Å². The van der Waals surface area contributed by atoms with Gasteiger partial charge in [-0.1, -0.05) is 37.1 Å². The minimum atomic E-state index is -3.46. The van der Waals surface area contributed by atoms with E-state index < -0.39 is 10.0 Å². The molecule has 0 aromatic heterocycles. The number of benzene rings is 2. The quantitative estimate of drug-likeness (QED) is 0.555. The standard InChI is InChI=1S/C26H37N3O3S/c1-21-9-10-22(2)25(19-21)29(33(3,31)32)20-23-11-13-24(14-12-23)26(30)27-15-8-18-28-16-6-4-5-7-17-28/h9-14,19H,4-8,15-18,20H2,1-3H3,(H,27,30). The Morgan fingerprint density at radius 3 is 2.30 bits per heavy atom. The summed E-state index contributed by atoms with van der Waals surface area (Å²) in [6, 6.07) is 13.0. The molecule has 0 spiro atoms. The van der Waals surface area contributed by atoms with Crippen LogP contribution in [0.1, 0.15) is 59.2 Å². The maximum absolute atomic E-state index is 12.5. The second kappa shape index (κ2) is 11.7. The van der Waals surface area contributed by atoms with Crippen molar-refractivity contribution < 1.29 is 13.2 Å². The zero-order valence-corrected chi connectivity index (χ0v) is 21.0. The van der Waals surface area contributed by atoms with Crippen molar-refractivity contribution in [3.05, 3.63) is 64.7 Å². The molecule has 0 saturated carbocycles. The van der Waals surface area contributed by atoms with Crippen molar-refractivity contribution in [1.29, 1.82) is 0 Å². The monoisotopic (exact) mass is 471 g/mol. The third kappa shape index (κ3) is 7.57. The number of carbonyl (C=O) groups excluding carboxylic acids is 1. The van der Waals surface area contributed by atoms with Crippen molar-refractivity contribution in [2.24, 2.45) is 0 Å². The van der Waals surface area contributed by atoms with Crippen LogP contribution < -0.4 is 9.62 Å². The molecule has 0 aliphatic carbocycles. The van der Waals surface area contributed by atoms with E-state index in [1.165, 1.54) is 49.3 Å². The summed E-state index contributed by atoms with van der Waals surface area (Å²) in [6.45, 7) is 8.10. The van der Waals surface area contributed by atoms with Gasteiger partial charge in [-0.15, -0.1) is 0 Å². The van der Waals surface area contributed by atoms with Crippen molar-refractivity contribution >= 4 is 21.6 Å². The number of amides is 1. The van der Waals surface area contributed by atoms with Gasteiger partial charge in [-0.05, 0) is 87.6 Å². The van der Waals surface area contributed by atoms with Crippen LogP contribution >= 0.6 is 0 Å². The van der Waals surface area contributed by atoms with Gasteiger partial charge in [0.05, 0.1) is 18.5 Å². The number of hydrogen-bond donors (Lipinski definition) is 1.